The van der Waals surface area contributed by atoms with Gasteiger partial charge >= 0.3 is 0 Å². The van der Waals surface area contributed by atoms with Crippen molar-refractivity contribution < 1.29 is 4.74 Å². The molecule has 4 rings (SSSR count). The van der Waals surface area contributed by atoms with E-state index in [4.69, 9.17) is 4.74 Å². The highest BCUT2D eigenvalue weighted by molar-refractivity contribution is 5.47. The lowest BCUT2D eigenvalue weighted by Crippen LogP contribution is -2.38. The Balaban J connectivity index is 1.91. The fourth-order valence-electron chi connectivity index (χ4n) is 4.55. The van der Waals surface area contributed by atoms with E-state index >= 15 is 0 Å². The Morgan fingerprint density at radius 1 is 0.714 bits per heavy atom. The summed E-state index contributed by atoms with van der Waals surface area (Å²) in [6.07, 6.45) is 7.03. The Morgan fingerprint density at radius 2 is 1.11 bits per heavy atom. The van der Waals surface area contributed by atoms with Gasteiger partial charge in [0.25, 0.3) is 0 Å². The summed E-state index contributed by atoms with van der Waals surface area (Å²) in [5.74, 6) is 0.535. The Labute approximate surface area is 168 Å². The standard InChI is InChI=1S/C27H28O/c1-2-26(22-14-12-13-15-22)28-27(23-16-6-3-7-17-23,24-18-8-4-9-19-24)25-20-10-5-11-21-25/h2-11,16-22,26H,1,12-15H2. The number of hydrogen-bond donors (Lipinski definition) is 0. The van der Waals surface area contributed by atoms with Gasteiger partial charge in [-0.15, -0.1) is 6.58 Å². The fourth-order valence-corrected chi connectivity index (χ4v) is 4.55. The molecule has 1 nitrogen and oxygen atoms in total. The van der Waals surface area contributed by atoms with Gasteiger partial charge in [-0.2, -0.15) is 0 Å². The second kappa shape index (κ2) is 8.58. The smallest absolute Gasteiger partial charge is 0.144 e. The summed E-state index contributed by atoms with van der Waals surface area (Å²) in [5.41, 5.74) is 2.79. The van der Waals surface area contributed by atoms with E-state index in [1.807, 2.05) is 6.08 Å². The van der Waals surface area contributed by atoms with Crippen LogP contribution in [-0.2, 0) is 10.3 Å². The highest BCUT2D eigenvalue weighted by atomic mass is 16.5. The molecule has 0 N–H and O–H groups in total. The number of hydrogen-bond acceptors (Lipinski definition) is 1. The van der Waals surface area contributed by atoms with Crippen LogP contribution in [0.5, 0.6) is 0 Å². The molecule has 142 valence electrons. The van der Waals surface area contributed by atoms with Crippen molar-refractivity contribution in [3.05, 3.63) is 120 Å². The van der Waals surface area contributed by atoms with Gasteiger partial charge in [0.15, 0.2) is 0 Å². The third kappa shape index (κ3) is 3.55. The summed E-state index contributed by atoms with van der Waals surface area (Å²) in [6.45, 7) is 4.15. The van der Waals surface area contributed by atoms with Gasteiger partial charge < -0.3 is 4.74 Å². The summed E-state index contributed by atoms with van der Waals surface area (Å²) < 4.78 is 7.11. The molecule has 0 aromatic heterocycles. The van der Waals surface area contributed by atoms with Gasteiger partial charge in [0.05, 0.1) is 6.10 Å². The largest absolute Gasteiger partial charge is 0.353 e. The van der Waals surface area contributed by atoms with Gasteiger partial charge in [0.2, 0.25) is 0 Å². The minimum absolute atomic E-state index is 0.0168. The first-order chi connectivity index (χ1) is 13.8. The van der Waals surface area contributed by atoms with Crippen molar-refractivity contribution in [3.63, 3.8) is 0 Å². The molecule has 3 aromatic carbocycles. The quantitative estimate of drug-likeness (QED) is 0.331. The van der Waals surface area contributed by atoms with Crippen molar-refractivity contribution in [2.24, 2.45) is 5.92 Å². The molecular formula is C27H28O. The van der Waals surface area contributed by atoms with Crippen molar-refractivity contribution in [2.45, 2.75) is 37.4 Å². The van der Waals surface area contributed by atoms with Crippen molar-refractivity contribution in [3.8, 4) is 0 Å². The minimum atomic E-state index is -0.661. The molecule has 0 radical (unpaired) electrons. The van der Waals surface area contributed by atoms with Gasteiger partial charge in [0, 0.05) is 0 Å². The maximum Gasteiger partial charge on any atom is 0.144 e. The number of benzene rings is 3. The maximum absolute atomic E-state index is 7.11. The first-order valence-electron chi connectivity index (χ1n) is 10.3. The number of rotatable bonds is 7. The summed E-state index contributed by atoms with van der Waals surface area (Å²) in [5, 5.41) is 0. The van der Waals surface area contributed by atoms with Crippen LogP contribution in [0.4, 0.5) is 0 Å². The SMILES string of the molecule is C=CC(OC(c1ccccc1)(c1ccccc1)c1ccccc1)C1CCCC1. The lowest BCUT2D eigenvalue weighted by molar-refractivity contribution is -0.0489. The summed E-state index contributed by atoms with van der Waals surface area (Å²) in [7, 11) is 0. The van der Waals surface area contributed by atoms with Crippen LogP contribution in [0, 0.1) is 5.92 Å². The molecular weight excluding hydrogens is 340 g/mol. The Kier molecular flexibility index (Phi) is 5.73. The molecule has 1 fully saturated rings. The molecule has 1 unspecified atom stereocenters. The topological polar surface area (TPSA) is 9.23 Å². The second-order valence-corrected chi connectivity index (χ2v) is 7.64. The van der Waals surface area contributed by atoms with Crippen LogP contribution in [0.25, 0.3) is 0 Å². The molecule has 1 atom stereocenters. The molecule has 1 heteroatoms. The molecule has 0 bridgehead atoms. The van der Waals surface area contributed by atoms with Gasteiger partial charge in [0.1, 0.15) is 5.60 Å². The van der Waals surface area contributed by atoms with Crippen molar-refractivity contribution >= 4 is 0 Å². The Morgan fingerprint density at radius 3 is 1.46 bits per heavy atom. The minimum Gasteiger partial charge on any atom is -0.353 e. The average Bonchev–Trinajstić information content (AvgIpc) is 3.31. The van der Waals surface area contributed by atoms with Crippen LogP contribution in [0.3, 0.4) is 0 Å². The van der Waals surface area contributed by atoms with Crippen molar-refractivity contribution in [1.29, 1.82) is 0 Å². The van der Waals surface area contributed by atoms with Crippen LogP contribution in [0.2, 0.25) is 0 Å². The highest BCUT2D eigenvalue weighted by Crippen LogP contribution is 2.43. The third-order valence-electron chi connectivity index (χ3n) is 5.95. The van der Waals surface area contributed by atoms with Crippen LogP contribution in [-0.4, -0.2) is 6.10 Å². The zero-order valence-electron chi connectivity index (χ0n) is 16.3. The average molecular weight is 369 g/mol. The first kappa shape index (κ1) is 18.7. The van der Waals surface area contributed by atoms with Crippen LogP contribution >= 0.6 is 0 Å². The predicted octanol–water partition coefficient (Wildman–Crippen LogP) is 6.74. The van der Waals surface area contributed by atoms with E-state index < -0.39 is 5.60 Å². The van der Waals surface area contributed by atoms with E-state index in [2.05, 4.69) is 97.6 Å². The monoisotopic (exact) mass is 368 g/mol. The zero-order chi connectivity index (χ0) is 19.2. The van der Waals surface area contributed by atoms with Gasteiger partial charge in [-0.1, -0.05) is 110 Å². The molecule has 3 aromatic rings. The first-order valence-corrected chi connectivity index (χ1v) is 10.3. The maximum atomic E-state index is 7.11. The molecule has 0 heterocycles. The van der Waals surface area contributed by atoms with Crippen molar-refractivity contribution in [2.75, 3.05) is 0 Å². The number of ether oxygens (including phenoxy) is 1. The zero-order valence-corrected chi connectivity index (χ0v) is 16.3. The molecule has 0 spiro atoms. The molecule has 28 heavy (non-hydrogen) atoms. The Bertz CT molecular complexity index is 767. The molecule has 1 aliphatic rings. The summed E-state index contributed by atoms with van der Waals surface area (Å²) in [4.78, 5) is 0. The van der Waals surface area contributed by atoms with Crippen LogP contribution < -0.4 is 0 Å². The third-order valence-corrected chi connectivity index (χ3v) is 5.95. The molecule has 1 aliphatic carbocycles. The predicted molar refractivity (Wildman–Crippen MR) is 116 cm³/mol. The molecule has 1 saturated carbocycles. The van der Waals surface area contributed by atoms with E-state index in [1.54, 1.807) is 0 Å². The van der Waals surface area contributed by atoms with E-state index in [-0.39, 0.29) is 6.10 Å². The summed E-state index contributed by atoms with van der Waals surface area (Å²) in [6, 6.07) is 31.8. The van der Waals surface area contributed by atoms with Gasteiger partial charge in [-0.25, -0.2) is 0 Å². The molecule has 0 amide bonds. The summed E-state index contributed by atoms with van der Waals surface area (Å²) >= 11 is 0. The highest BCUT2D eigenvalue weighted by Gasteiger charge is 2.41. The Hall–Kier alpha value is -2.64. The van der Waals surface area contributed by atoms with Crippen LogP contribution in [0.1, 0.15) is 42.4 Å². The molecule has 0 aliphatic heterocycles. The van der Waals surface area contributed by atoms with E-state index in [9.17, 15) is 0 Å². The van der Waals surface area contributed by atoms with Crippen LogP contribution in [0.15, 0.2) is 104 Å². The van der Waals surface area contributed by atoms with Gasteiger partial charge in [-0.3, -0.25) is 0 Å². The van der Waals surface area contributed by atoms with Crippen molar-refractivity contribution in [1.82, 2.24) is 0 Å². The molecule has 0 saturated heterocycles. The fraction of sp³-hybridized carbons (Fsp3) is 0.259. The normalized spacial score (nSPS) is 16.0. The second-order valence-electron chi connectivity index (χ2n) is 7.64. The van der Waals surface area contributed by atoms with E-state index in [0.29, 0.717) is 5.92 Å². The van der Waals surface area contributed by atoms with Gasteiger partial charge in [-0.05, 0) is 35.4 Å². The lowest BCUT2D eigenvalue weighted by Gasteiger charge is -2.40. The lowest BCUT2D eigenvalue weighted by atomic mass is 9.79. The van der Waals surface area contributed by atoms with E-state index in [0.717, 1.165) is 16.7 Å². The van der Waals surface area contributed by atoms with E-state index in [1.165, 1.54) is 25.7 Å².